The molecule has 2 heterocycles. The van der Waals surface area contributed by atoms with Gasteiger partial charge in [-0.1, -0.05) is 97.1 Å². The number of nitrogens with zero attached hydrogens (tertiary/aromatic N) is 4. The number of para-hydroxylation sites is 1. The van der Waals surface area contributed by atoms with Crippen LogP contribution in [0.25, 0.3) is 72.5 Å². The number of fused-ring (bicyclic) bond motifs is 6. The number of rotatable bonds is 4. The molecular weight excluding hydrogens is 560 g/mol. The zero-order valence-electron chi connectivity index (χ0n) is 24.9. The lowest BCUT2D eigenvalue weighted by atomic mass is 10.0. The van der Waals surface area contributed by atoms with Gasteiger partial charge in [0.25, 0.3) is 0 Å². The zero-order chi connectivity index (χ0) is 30.6. The van der Waals surface area contributed by atoms with E-state index in [2.05, 4.69) is 108 Å². The minimum absolute atomic E-state index is 0.599. The molecule has 0 spiro atoms. The van der Waals surface area contributed by atoms with Crippen LogP contribution in [0.1, 0.15) is 16.7 Å². The Kier molecular flexibility index (Phi) is 5.91. The summed E-state index contributed by atoms with van der Waals surface area (Å²) in [6.07, 6.45) is 0.963. The van der Waals surface area contributed by atoms with Gasteiger partial charge in [-0.15, -0.1) is 0 Å². The SMILES string of the molecule is N#Cc1cccc(-c2cc(-c3ccccc3)nc(-c3cccc(-n4c5ccccc5c5cc6c(cc54)-c4ccccc4C6)c3)n2)c1. The van der Waals surface area contributed by atoms with Gasteiger partial charge in [0.05, 0.1) is 34.1 Å². The molecule has 1 aliphatic carbocycles. The third-order valence-electron chi connectivity index (χ3n) is 9.03. The second-order valence-electron chi connectivity index (χ2n) is 11.8. The molecule has 46 heavy (non-hydrogen) atoms. The number of hydrogen-bond donors (Lipinski definition) is 0. The van der Waals surface area contributed by atoms with Gasteiger partial charge < -0.3 is 4.57 Å². The molecule has 214 valence electrons. The van der Waals surface area contributed by atoms with E-state index in [4.69, 9.17) is 9.97 Å². The second-order valence-corrected chi connectivity index (χ2v) is 11.8. The molecule has 0 aliphatic heterocycles. The fraction of sp³-hybridized carbons (Fsp3) is 0.0238. The Bertz CT molecular complexity index is 2520. The minimum atomic E-state index is 0.599. The van der Waals surface area contributed by atoms with Crippen LogP contribution in [0, 0.1) is 11.3 Å². The first-order valence-corrected chi connectivity index (χ1v) is 15.4. The topological polar surface area (TPSA) is 54.5 Å². The highest BCUT2D eigenvalue weighted by Gasteiger charge is 2.22. The van der Waals surface area contributed by atoms with Gasteiger partial charge in [0.15, 0.2) is 5.82 Å². The third-order valence-corrected chi connectivity index (χ3v) is 9.03. The largest absolute Gasteiger partial charge is 0.309 e. The van der Waals surface area contributed by atoms with Crippen molar-refractivity contribution in [3.8, 4) is 56.8 Å². The van der Waals surface area contributed by atoms with E-state index in [0.717, 1.165) is 40.2 Å². The molecule has 8 aromatic rings. The third kappa shape index (κ3) is 4.22. The molecule has 0 bridgehead atoms. The Morgan fingerprint density at radius 3 is 2.15 bits per heavy atom. The summed E-state index contributed by atoms with van der Waals surface area (Å²) in [4.78, 5) is 10.1. The molecule has 1 aliphatic rings. The van der Waals surface area contributed by atoms with Crippen molar-refractivity contribution in [1.82, 2.24) is 14.5 Å². The number of hydrogen-bond acceptors (Lipinski definition) is 3. The number of nitriles is 1. The fourth-order valence-corrected chi connectivity index (χ4v) is 6.89. The van der Waals surface area contributed by atoms with Gasteiger partial charge in [0.2, 0.25) is 0 Å². The van der Waals surface area contributed by atoms with Crippen LogP contribution in [-0.2, 0) is 6.42 Å². The van der Waals surface area contributed by atoms with Crippen molar-refractivity contribution in [2.75, 3.05) is 0 Å². The van der Waals surface area contributed by atoms with Crippen LogP contribution in [0.2, 0.25) is 0 Å². The van der Waals surface area contributed by atoms with E-state index in [-0.39, 0.29) is 0 Å². The molecule has 0 unspecified atom stereocenters. The van der Waals surface area contributed by atoms with Crippen LogP contribution in [0.5, 0.6) is 0 Å². The van der Waals surface area contributed by atoms with Gasteiger partial charge in [-0.05, 0) is 77.2 Å². The Morgan fingerprint density at radius 2 is 1.26 bits per heavy atom. The van der Waals surface area contributed by atoms with Crippen LogP contribution >= 0.6 is 0 Å². The molecule has 0 atom stereocenters. The normalized spacial score (nSPS) is 11.8. The van der Waals surface area contributed by atoms with Crippen molar-refractivity contribution >= 4 is 21.8 Å². The predicted octanol–water partition coefficient (Wildman–Crippen LogP) is 10.0. The quantitative estimate of drug-likeness (QED) is 0.206. The lowest BCUT2D eigenvalue weighted by Gasteiger charge is -2.12. The summed E-state index contributed by atoms with van der Waals surface area (Å²) in [5.41, 5.74) is 13.8. The van der Waals surface area contributed by atoms with E-state index in [9.17, 15) is 5.26 Å². The molecule has 0 radical (unpaired) electrons. The molecule has 0 amide bonds. The highest BCUT2D eigenvalue weighted by atomic mass is 15.0. The van der Waals surface area contributed by atoms with E-state index in [1.807, 2.05) is 48.5 Å². The molecule has 4 heteroatoms. The van der Waals surface area contributed by atoms with Gasteiger partial charge >= 0.3 is 0 Å². The van der Waals surface area contributed by atoms with Crippen molar-refractivity contribution in [1.29, 1.82) is 5.26 Å². The van der Waals surface area contributed by atoms with Gasteiger partial charge in [0.1, 0.15) is 0 Å². The van der Waals surface area contributed by atoms with Crippen molar-refractivity contribution in [2.45, 2.75) is 6.42 Å². The maximum absolute atomic E-state index is 9.56. The summed E-state index contributed by atoms with van der Waals surface area (Å²) in [5.74, 6) is 0.635. The highest BCUT2D eigenvalue weighted by Crippen LogP contribution is 2.42. The summed E-state index contributed by atoms with van der Waals surface area (Å²) >= 11 is 0. The summed E-state index contributed by atoms with van der Waals surface area (Å²) in [6.45, 7) is 0. The molecule has 0 saturated heterocycles. The first kappa shape index (κ1) is 26.1. The average molecular weight is 587 g/mol. The molecule has 0 saturated carbocycles. The van der Waals surface area contributed by atoms with Gasteiger partial charge in [-0.25, -0.2) is 9.97 Å². The monoisotopic (exact) mass is 586 g/mol. The second kappa shape index (κ2) is 10.4. The van der Waals surface area contributed by atoms with E-state index in [0.29, 0.717) is 11.4 Å². The Balaban J connectivity index is 1.25. The number of benzene rings is 6. The van der Waals surface area contributed by atoms with Crippen LogP contribution in [0.3, 0.4) is 0 Å². The molecular formula is C42H26N4. The molecule has 4 nitrogen and oxygen atoms in total. The van der Waals surface area contributed by atoms with Crippen molar-refractivity contribution in [3.63, 3.8) is 0 Å². The fourth-order valence-electron chi connectivity index (χ4n) is 6.89. The first-order valence-electron chi connectivity index (χ1n) is 15.4. The minimum Gasteiger partial charge on any atom is -0.309 e. The highest BCUT2D eigenvalue weighted by molar-refractivity contribution is 6.11. The molecule has 6 aromatic carbocycles. The van der Waals surface area contributed by atoms with E-state index in [1.165, 1.54) is 44.1 Å². The zero-order valence-corrected chi connectivity index (χ0v) is 24.9. The predicted molar refractivity (Wildman–Crippen MR) is 186 cm³/mol. The summed E-state index contributed by atoms with van der Waals surface area (Å²) in [5, 5.41) is 12.1. The summed E-state index contributed by atoms with van der Waals surface area (Å²) in [6, 6.07) is 52.7. The van der Waals surface area contributed by atoms with Crippen LogP contribution in [0.15, 0.2) is 146 Å². The Hall–Kier alpha value is -6.31. The van der Waals surface area contributed by atoms with Crippen molar-refractivity contribution in [2.24, 2.45) is 0 Å². The lowest BCUT2D eigenvalue weighted by Crippen LogP contribution is -1.98. The summed E-state index contributed by atoms with van der Waals surface area (Å²) < 4.78 is 2.37. The average Bonchev–Trinajstić information content (AvgIpc) is 3.65. The molecule has 9 rings (SSSR count). The molecule has 2 aromatic heterocycles. The van der Waals surface area contributed by atoms with Crippen LogP contribution < -0.4 is 0 Å². The van der Waals surface area contributed by atoms with Gasteiger partial charge in [-0.2, -0.15) is 5.26 Å². The van der Waals surface area contributed by atoms with E-state index in [1.54, 1.807) is 0 Å². The smallest absolute Gasteiger partial charge is 0.160 e. The Labute approximate surface area is 266 Å². The Morgan fingerprint density at radius 1 is 0.522 bits per heavy atom. The lowest BCUT2D eigenvalue weighted by molar-refractivity contribution is 1.16. The van der Waals surface area contributed by atoms with Gasteiger partial charge in [-0.3, -0.25) is 0 Å². The summed E-state index contributed by atoms with van der Waals surface area (Å²) in [7, 11) is 0. The van der Waals surface area contributed by atoms with Crippen LogP contribution in [-0.4, -0.2) is 14.5 Å². The standard InChI is InChI=1S/C42H26N4/c43-26-27-10-8-14-30(20-27)39-25-38(28-11-2-1-3-12-28)44-42(45-39)31-15-9-16-33(22-31)46-40-19-7-6-18-35(40)37-23-32-21-29-13-4-5-17-34(29)36(32)24-41(37)46/h1-20,22-25H,21H2. The van der Waals surface area contributed by atoms with E-state index < -0.39 is 0 Å². The van der Waals surface area contributed by atoms with Crippen molar-refractivity contribution in [3.05, 3.63) is 162 Å². The van der Waals surface area contributed by atoms with Crippen molar-refractivity contribution < 1.29 is 0 Å². The molecule has 0 fully saturated rings. The van der Waals surface area contributed by atoms with Gasteiger partial charge in [0, 0.05) is 33.2 Å². The maximum Gasteiger partial charge on any atom is 0.160 e. The first-order chi connectivity index (χ1) is 22.7. The van der Waals surface area contributed by atoms with E-state index >= 15 is 0 Å². The number of aromatic nitrogens is 3. The maximum atomic E-state index is 9.56. The molecule has 0 N–H and O–H groups in total. The van der Waals surface area contributed by atoms with Crippen LogP contribution in [0.4, 0.5) is 0 Å².